The van der Waals surface area contributed by atoms with Crippen LogP contribution in [0.1, 0.15) is 10.4 Å². The molecule has 0 aliphatic heterocycles. The Morgan fingerprint density at radius 3 is 2.11 bits per heavy atom. The number of halogens is 1. The van der Waals surface area contributed by atoms with Gasteiger partial charge in [-0.1, -0.05) is 18.2 Å². The molecule has 0 N–H and O–H groups in total. The normalized spacial score (nSPS) is 10.1. The molecule has 0 radical (unpaired) electrons. The maximum Gasteiger partial charge on any atom is 0.150 e. The van der Waals surface area contributed by atoms with Crippen molar-refractivity contribution in [2.24, 2.45) is 0 Å². The molecule has 0 spiro atoms. The zero-order valence-corrected chi connectivity index (χ0v) is 12.8. The topological polar surface area (TPSA) is 35.5 Å². The molecule has 0 bridgehead atoms. The second-order valence-electron chi connectivity index (χ2n) is 3.86. The van der Waals surface area contributed by atoms with Crippen LogP contribution < -0.4 is 9.47 Å². The number of carbonyl (C=O) groups is 1. The van der Waals surface area contributed by atoms with Crippen molar-refractivity contribution in [1.82, 2.24) is 0 Å². The summed E-state index contributed by atoms with van der Waals surface area (Å²) < 4.78 is 11.8. The van der Waals surface area contributed by atoms with Crippen LogP contribution in [0.15, 0.2) is 36.4 Å². The third-order valence-electron chi connectivity index (χ3n) is 2.85. The fraction of sp³-hybridized carbons (Fsp3) is 0.133. The molecular weight excluding hydrogens is 355 g/mol. The Hall–Kier alpha value is -1.56. The van der Waals surface area contributed by atoms with Crippen molar-refractivity contribution in [3.8, 4) is 22.6 Å². The number of benzene rings is 2. The van der Waals surface area contributed by atoms with Crippen LogP contribution in [0.4, 0.5) is 0 Å². The van der Waals surface area contributed by atoms with E-state index in [1.165, 1.54) is 0 Å². The van der Waals surface area contributed by atoms with Crippen molar-refractivity contribution in [2.75, 3.05) is 14.2 Å². The van der Waals surface area contributed by atoms with Gasteiger partial charge in [-0.15, -0.1) is 0 Å². The van der Waals surface area contributed by atoms with Crippen LogP contribution in [0.25, 0.3) is 11.1 Å². The highest BCUT2D eigenvalue weighted by Gasteiger charge is 2.17. The first kappa shape index (κ1) is 13.9. The van der Waals surface area contributed by atoms with Crippen LogP contribution in [0, 0.1) is 3.57 Å². The Bertz CT molecular complexity index is 608. The minimum atomic E-state index is 0.585. The molecule has 2 aromatic rings. The van der Waals surface area contributed by atoms with Gasteiger partial charge < -0.3 is 9.47 Å². The molecule has 19 heavy (non-hydrogen) atoms. The monoisotopic (exact) mass is 368 g/mol. The third-order valence-corrected chi connectivity index (χ3v) is 3.75. The lowest BCUT2D eigenvalue weighted by molar-refractivity contribution is 0.112. The van der Waals surface area contributed by atoms with Gasteiger partial charge in [0.25, 0.3) is 0 Å². The first-order valence-electron chi connectivity index (χ1n) is 5.68. The zero-order valence-electron chi connectivity index (χ0n) is 10.6. The summed E-state index contributed by atoms with van der Waals surface area (Å²) in [7, 11) is 3.21. The molecule has 3 nitrogen and oxygen atoms in total. The van der Waals surface area contributed by atoms with Crippen LogP contribution >= 0.6 is 22.6 Å². The molecule has 0 aliphatic rings. The molecule has 0 fully saturated rings. The molecule has 0 aromatic heterocycles. The average Bonchev–Trinajstić information content (AvgIpc) is 2.46. The lowest BCUT2D eigenvalue weighted by Gasteiger charge is -2.15. The van der Waals surface area contributed by atoms with Crippen LogP contribution in [-0.2, 0) is 0 Å². The second-order valence-corrected chi connectivity index (χ2v) is 5.02. The smallest absolute Gasteiger partial charge is 0.150 e. The van der Waals surface area contributed by atoms with E-state index in [4.69, 9.17) is 9.47 Å². The standard InChI is InChI=1S/C15H13IO3/c1-18-12-7-3-5-10(9-17)14(12)15-11(16)6-4-8-13(15)19-2/h3-9H,1-2H3. The highest BCUT2D eigenvalue weighted by molar-refractivity contribution is 14.1. The summed E-state index contributed by atoms with van der Waals surface area (Å²) in [5.74, 6) is 1.38. The molecule has 0 saturated carbocycles. The molecular formula is C15H13IO3. The quantitative estimate of drug-likeness (QED) is 0.609. The third kappa shape index (κ3) is 2.58. The van der Waals surface area contributed by atoms with Gasteiger partial charge in [-0.05, 0) is 40.8 Å². The predicted octanol–water partition coefficient (Wildman–Crippen LogP) is 3.79. The minimum Gasteiger partial charge on any atom is -0.496 e. The summed E-state index contributed by atoms with van der Waals surface area (Å²) >= 11 is 2.23. The number of carbonyl (C=O) groups excluding carboxylic acids is 1. The van der Waals surface area contributed by atoms with Crippen molar-refractivity contribution >= 4 is 28.9 Å². The Morgan fingerprint density at radius 2 is 1.53 bits per heavy atom. The molecule has 0 unspecified atom stereocenters. The summed E-state index contributed by atoms with van der Waals surface area (Å²) in [6.45, 7) is 0. The lowest BCUT2D eigenvalue weighted by atomic mass is 9.98. The van der Waals surface area contributed by atoms with Gasteiger partial charge in [-0.25, -0.2) is 0 Å². The highest BCUT2D eigenvalue weighted by Crippen LogP contribution is 2.41. The number of methoxy groups -OCH3 is 2. The van der Waals surface area contributed by atoms with Crippen molar-refractivity contribution in [3.05, 3.63) is 45.5 Å². The first-order valence-corrected chi connectivity index (χ1v) is 6.75. The van der Waals surface area contributed by atoms with Crippen LogP contribution in [0.5, 0.6) is 11.5 Å². The summed E-state index contributed by atoms with van der Waals surface area (Å²) in [4.78, 5) is 11.3. The SMILES string of the molecule is COc1cccc(I)c1-c1c(C=O)cccc1OC. The van der Waals surface area contributed by atoms with E-state index in [1.807, 2.05) is 24.3 Å². The molecule has 2 rings (SSSR count). The van der Waals surface area contributed by atoms with E-state index in [0.717, 1.165) is 26.7 Å². The molecule has 0 amide bonds. The Balaban J connectivity index is 2.81. The molecule has 4 heteroatoms. The van der Waals surface area contributed by atoms with Crippen LogP contribution in [0.2, 0.25) is 0 Å². The van der Waals surface area contributed by atoms with E-state index >= 15 is 0 Å². The molecule has 0 atom stereocenters. The van der Waals surface area contributed by atoms with Gasteiger partial charge in [0.1, 0.15) is 11.5 Å². The molecule has 2 aromatic carbocycles. The lowest BCUT2D eigenvalue weighted by Crippen LogP contribution is -1.97. The van der Waals surface area contributed by atoms with E-state index in [2.05, 4.69) is 22.6 Å². The minimum absolute atomic E-state index is 0.585. The summed E-state index contributed by atoms with van der Waals surface area (Å²) in [6.07, 6.45) is 0.834. The summed E-state index contributed by atoms with van der Waals surface area (Å²) in [5, 5.41) is 0. The van der Waals surface area contributed by atoms with E-state index in [1.54, 1.807) is 26.4 Å². The zero-order chi connectivity index (χ0) is 13.8. The van der Waals surface area contributed by atoms with Crippen molar-refractivity contribution in [1.29, 1.82) is 0 Å². The molecule has 0 heterocycles. The average molecular weight is 368 g/mol. The molecule has 0 aliphatic carbocycles. The Labute approximate surface area is 125 Å². The fourth-order valence-electron chi connectivity index (χ4n) is 2.00. The molecule has 0 saturated heterocycles. The van der Waals surface area contributed by atoms with Gasteiger partial charge in [-0.3, -0.25) is 4.79 Å². The second kappa shape index (κ2) is 6.06. The van der Waals surface area contributed by atoms with Gasteiger partial charge >= 0.3 is 0 Å². The number of hydrogen-bond donors (Lipinski definition) is 0. The van der Waals surface area contributed by atoms with E-state index < -0.39 is 0 Å². The number of hydrogen-bond acceptors (Lipinski definition) is 3. The van der Waals surface area contributed by atoms with Crippen LogP contribution in [0.3, 0.4) is 0 Å². The van der Waals surface area contributed by atoms with Gasteiger partial charge in [-0.2, -0.15) is 0 Å². The van der Waals surface area contributed by atoms with Gasteiger partial charge in [0.05, 0.1) is 14.2 Å². The van der Waals surface area contributed by atoms with E-state index in [9.17, 15) is 4.79 Å². The Morgan fingerprint density at radius 1 is 0.947 bits per heavy atom. The molecule has 98 valence electrons. The summed E-state index contributed by atoms with van der Waals surface area (Å²) in [5.41, 5.74) is 2.23. The van der Waals surface area contributed by atoms with E-state index in [0.29, 0.717) is 11.3 Å². The number of rotatable bonds is 4. The van der Waals surface area contributed by atoms with Crippen molar-refractivity contribution < 1.29 is 14.3 Å². The number of aldehydes is 1. The fourth-order valence-corrected chi connectivity index (χ4v) is 2.74. The van der Waals surface area contributed by atoms with Crippen LogP contribution in [-0.4, -0.2) is 20.5 Å². The maximum absolute atomic E-state index is 11.3. The first-order chi connectivity index (χ1) is 9.22. The van der Waals surface area contributed by atoms with Gasteiger partial charge in [0.15, 0.2) is 6.29 Å². The van der Waals surface area contributed by atoms with Gasteiger partial charge in [0, 0.05) is 20.3 Å². The summed E-state index contributed by atoms with van der Waals surface area (Å²) in [6, 6.07) is 11.2. The predicted molar refractivity (Wildman–Crippen MR) is 83.1 cm³/mol. The largest absolute Gasteiger partial charge is 0.496 e. The number of ether oxygens (including phenoxy) is 2. The van der Waals surface area contributed by atoms with Crippen molar-refractivity contribution in [2.45, 2.75) is 0 Å². The highest BCUT2D eigenvalue weighted by atomic mass is 127. The van der Waals surface area contributed by atoms with Gasteiger partial charge in [0.2, 0.25) is 0 Å². The maximum atomic E-state index is 11.3. The Kier molecular flexibility index (Phi) is 4.42. The van der Waals surface area contributed by atoms with E-state index in [-0.39, 0.29) is 0 Å². The van der Waals surface area contributed by atoms with Crippen molar-refractivity contribution in [3.63, 3.8) is 0 Å².